The molecular formula is C10H20N2O2. The van der Waals surface area contributed by atoms with Gasteiger partial charge in [-0.15, -0.1) is 0 Å². The highest BCUT2D eigenvalue weighted by Gasteiger charge is 2.26. The van der Waals surface area contributed by atoms with E-state index < -0.39 is 0 Å². The Kier molecular flexibility index (Phi) is 3.37. The van der Waals surface area contributed by atoms with E-state index in [4.69, 9.17) is 4.74 Å². The molecule has 0 saturated carbocycles. The Morgan fingerprint density at radius 2 is 2.14 bits per heavy atom. The van der Waals surface area contributed by atoms with Gasteiger partial charge in [0.05, 0.1) is 12.6 Å². The minimum atomic E-state index is -0.176. The normalized spacial score (nSPS) is 22.1. The van der Waals surface area contributed by atoms with Crippen LogP contribution in [-0.2, 0) is 4.74 Å². The molecule has 0 aromatic rings. The van der Waals surface area contributed by atoms with E-state index in [9.17, 15) is 4.79 Å². The van der Waals surface area contributed by atoms with E-state index in [-0.39, 0.29) is 17.6 Å². The molecule has 0 aromatic heterocycles. The minimum absolute atomic E-state index is 0.0204. The zero-order valence-electron chi connectivity index (χ0n) is 9.46. The third-order valence-electron chi connectivity index (χ3n) is 2.26. The van der Waals surface area contributed by atoms with Gasteiger partial charge in [-0.25, -0.2) is 4.79 Å². The molecule has 1 unspecified atom stereocenters. The predicted molar refractivity (Wildman–Crippen MR) is 55.3 cm³/mol. The van der Waals surface area contributed by atoms with Crippen LogP contribution in [0.15, 0.2) is 0 Å². The van der Waals surface area contributed by atoms with Gasteiger partial charge in [0, 0.05) is 19.2 Å². The summed E-state index contributed by atoms with van der Waals surface area (Å²) in [7, 11) is 1.82. The van der Waals surface area contributed by atoms with Crippen LogP contribution in [0.2, 0.25) is 0 Å². The molecule has 2 amide bonds. The number of ether oxygens (including phenoxy) is 1. The van der Waals surface area contributed by atoms with Crippen molar-refractivity contribution in [3.8, 4) is 0 Å². The van der Waals surface area contributed by atoms with Crippen molar-refractivity contribution >= 4 is 6.03 Å². The van der Waals surface area contributed by atoms with Gasteiger partial charge in [0.2, 0.25) is 0 Å². The summed E-state index contributed by atoms with van der Waals surface area (Å²) < 4.78 is 5.24. The Morgan fingerprint density at radius 3 is 2.57 bits per heavy atom. The lowest BCUT2D eigenvalue weighted by Gasteiger charge is -2.28. The zero-order valence-corrected chi connectivity index (χ0v) is 9.46. The molecule has 0 aliphatic carbocycles. The minimum Gasteiger partial charge on any atom is -0.379 e. The van der Waals surface area contributed by atoms with E-state index in [2.05, 4.69) is 5.32 Å². The van der Waals surface area contributed by atoms with E-state index in [0.29, 0.717) is 6.61 Å². The smallest absolute Gasteiger partial charge is 0.317 e. The van der Waals surface area contributed by atoms with Gasteiger partial charge in [-0.05, 0) is 27.2 Å². The van der Waals surface area contributed by atoms with Gasteiger partial charge in [0.15, 0.2) is 0 Å². The van der Waals surface area contributed by atoms with Gasteiger partial charge in [-0.2, -0.15) is 0 Å². The summed E-state index contributed by atoms with van der Waals surface area (Å²) in [4.78, 5) is 13.4. The summed E-state index contributed by atoms with van der Waals surface area (Å²) in [5.74, 6) is 0. The van der Waals surface area contributed by atoms with Crippen LogP contribution < -0.4 is 5.32 Å². The summed E-state index contributed by atoms with van der Waals surface area (Å²) in [6.45, 7) is 7.35. The van der Waals surface area contributed by atoms with Crippen molar-refractivity contribution in [3.05, 3.63) is 0 Å². The zero-order chi connectivity index (χ0) is 10.8. The van der Waals surface area contributed by atoms with E-state index in [1.54, 1.807) is 4.90 Å². The Bertz CT molecular complexity index is 205. The fraction of sp³-hybridized carbons (Fsp3) is 0.900. The van der Waals surface area contributed by atoms with Crippen LogP contribution in [-0.4, -0.2) is 42.8 Å². The van der Waals surface area contributed by atoms with Crippen molar-refractivity contribution in [2.24, 2.45) is 0 Å². The summed E-state index contributed by atoms with van der Waals surface area (Å²) >= 11 is 0. The van der Waals surface area contributed by atoms with Crippen molar-refractivity contribution in [3.63, 3.8) is 0 Å². The van der Waals surface area contributed by atoms with Crippen LogP contribution >= 0.6 is 0 Å². The lowest BCUT2D eigenvalue weighted by Crippen LogP contribution is -2.50. The standard InChI is InChI=1S/C10H20N2O2/c1-10(2,3)11-9(13)12(4)8-5-6-14-7-8/h8H,5-7H2,1-4H3,(H,11,13). The fourth-order valence-corrected chi connectivity index (χ4v) is 1.40. The lowest BCUT2D eigenvalue weighted by molar-refractivity contribution is 0.154. The molecule has 0 aromatic carbocycles. The largest absolute Gasteiger partial charge is 0.379 e. The van der Waals surface area contributed by atoms with Gasteiger partial charge < -0.3 is 15.0 Å². The second-order valence-corrected chi connectivity index (χ2v) is 4.81. The second kappa shape index (κ2) is 4.17. The molecule has 1 aliphatic rings. The molecule has 1 rings (SSSR count). The molecule has 0 bridgehead atoms. The average molecular weight is 200 g/mol. The number of rotatable bonds is 1. The van der Waals surface area contributed by atoms with Crippen LogP contribution in [0.3, 0.4) is 0 Å². The first-order valence-corrected chi connectivity index (χ1v) is 5.03. The number of carbonyl (C=O) groups excluding carboxylic acids is 1. The second-order valence-electron chi connectivity index (χ2n) is 4.81. The topological polar surface area (TPSA) is 41.6 Å². The summed E-state index contributed by atoms with van der Waals surface area (Å²) in [5, 5.41) is 2.93. The highest BCUT2D eigenvalue weighted by molar-refractivity contribution is 5.75. The van der Waals surface area contributed by atoms with Gasteiger partial charge in [0.1, 0.15) is 0 Å². The molecule has 4 heteroatoms. The van der Waals surface area contributed by atoms with E-state index in [1.165, 1.54) is 0 Å². The third kappa shape index (κ3) is 3.18. The first kappa shape index (κ1) is 11.3. The highest BCUT2D eigenvalue weighted by atomic mass is 16.5. The van der Waals surface area contributed by atoms with E-state index >= 15 is 0 Å². The number of hydrogen-bond acceptors (Lipinski definition) is 2. The summed E-state index contributed by atoms with van der Waals surface area (Å²) in [5.41, 5.74) is -0.176. The monoisotopic (exact) mass is 200 g/mol. The molecule has 1 atom stereocenters. The molecule has 0 radical (unpaired) electrons. The van der Waals surface area contributed by atoms with Crippen molar-refractivity contribution < 1.29 is 9.53 Å². The molecule has 1 heterocycles. The summed E-state index contributed by atoms with van der Waals surface area (Å²) in [6, 6.07) is 0.213. The number of nitrogens with zero attached hydrogens (tertiary/aromatic N) is 1. The first-order chi connectivity index (χ1) is 6.40. The Balaban J connectivity index is 2.43. The first-order valence-electron chi connectivity index (χ1n) is 5.03. The van der Waals surface area contributed by atoms with Crippen LogP contribution in [0.4, 0.5) is 4.79 Å². The maximum absolute atomic E-state index is 11.7. The maximum atomic E-state index is 11.7. The van der Waals surface area contributed by atoms with E-state index in [1.807, 2.05) is 27.8 Å². The lowest BCUT2D eigenvalue weighted by atomic mass is 10.1. The van der Waals surface area contributed by atoms with Crippen molar-refractivity contribution in [2.75, 3.05) is 20.3 Å². The molecule has 1 aliphatic heterocycles. The molecule has 4 nitrogen and oxygen atoms in total. The number of nitrogens with one attached hydrogen (secondary N) is 1. The highest BCUT2D eigenvalue weighted by Crippen LogP contribution is 2.11. The van der Waals surface area contributed by atoms with Gasteiger partial charge in [0.25, 0.3) is 0 Å². The SMILES string of the molecule is CN(C(=O)NC(C)(C)C)C1CCOC1. The number of urea groups is 1. The molecule has 1 fully saturated rings. The average Bonchev–Trinajstić information content (AvgIpc) is 2.51. The third-order valence-corrected chi connectivity index (χ3v) is 2.26. The van der Waals surface area contributed by atoms with Gasteiger partial charge >= 0.3 is 6.03 Å². The van der Waals surface area contributed by atoms with Crippen molar-refractivity contribution in [1.82, 2.24) is 10.2 Å². The van der Waals surface area contributed by atoms with Crippen LogP contribution in [0.25, 0.3) is 0 Å². The number of amides is 2. The van der Waals surface area contributed by atoms with Crippen LogP contribution in [0.1, 0.15) is 27.2 Å². The Hall–Kier alpha value is -0.770. The van der Waals surface area contributed by atoms with Crippen LogP contribution in [0.5, 0.6) is 0 Å². The fourth-order valence-electron chi connectivity index (χ4n) is 1.40. The van der Waals surface area contributed by atoms with Crippen molar-refractivity contribution in [2.45, 2.75) is 38.8 Å². The van der Waals surface area contributed by atoms with Crippen molar-refractivity contribution in [1.29, 1.82) is 0 Å². The molecule has 0 spiro atoms. The van der Waals surface area contributed by atoms with E-state index in [0.717, 1.165) is 13.0 Å². The molecule has 14 heavy (non-hydrogen) atoms. The van der Waals surface area contributed by atoms with Gasteiger partial charge in [-0.1, -0.05) is 0 Å². The molecular weight excluding hydrogens is 180 g/mol. The number of hydrogen-bond donors (Lipinski definition) is 1. The Labute approximate surface area is 85.6 Å². The molecule has 1 N–H and O–H groups in total. The van der Waals surface area contributed by atoms with Crippen LogP contribution in [0, 0.1) is 0 Å². The van der Waals surface area contributed by atoms with Gasteiger partial charge in [-0.3, -0.25) is 0 Å². The molecule has 1 saturated heterocycles. The molecule has 82 valence electrons. The summed E-state index contributed by atoms with van der Waals surface area (Å²) in [6.07, 6.45) is 0.939. The quantitative estimate of drug-likeness (QED) is 0.691. The Morgan fingerprint density at radius 1 is 1.50 bits per heavy atom. The number of likely N-dealkylation sites (N-methyl/N-ethyl adjacent to an activating group) is 1. The predicted octanol–water partition coefficient (Wildman–Crippen LogP) is 1.22. The number of carbonyl (C=O) groups is 1. The maximum Gasteiger partial charge on any atom is 0.317 e.